The average Bonchev–Trinajstić information content (AvgIpc) is 1.80. The second-order valence-electron chi connectivity index (χ2n) is 3.20. The van der Waals surface area contributed by atoms with Crippen LogP contribution < -0.4 is 5.32 Å². The molecule has 0 aromatic rings. The normalized spacial score (nSPS) is 14.5. The lowest BCUT2D eigenvalue weighted by Gasteiger charge is -2.21. The van der Waals surface area contributed by atoms with Crippen molar-refractivity contribution in [1.29, 1.82) is 0 Å². The van der Waals surface area contributed by atoms with Gasteiger partial charge in [-0.3, -0.25) is 4.79 Å². The molecule has 4 heteroatoms. The molecule has 0 fully saturated rings. The van der Waals surface area contributed by atoms with Crippen molar-refractivity contribution in [3.8, 4) is 0 Å². The zero-order valence-electron chi connectivity index (χ0n) is 7.09. The summed E-state index contributed by atoms with van der Waals surface area (Å²) < 4.78 is 0. The smallest absolute Gasteiger partial charge is 0.320 e. The molecule has 0 amide bonds. The average molecular weight is 161 g/mol. The van der Waals surface area contributed by atoms with Crippen LogP contribution in [0.2, 0.25) is 0 Å². The van der Waals surface area contributed by atoms with Gasteiger partial charge in [0, 0.05) is 6.42 Å². The van der Waals surface area contributed by atoms with Gasteiger partial charge in [-0.25, -0.2) is 0 Å². The summed E-state index contributed by atoms with van der Waals surface area (Å²) in [5, 5.41) is 20.4. The Hall–Kier alpha value is -0.610. The van der Waals surface area contributed by atoms with Crippen LogP contribution in [0.15, 0.2) is 0 Å². The zero-order valence-corrected chi connectivity index (χ0v) is 7.09. The van der Waals surface area contributed by atoms with E-state index in [0.717, 1.165) is 0 Å². The van der Waals surface area contributed by atoms with E-state index in [4.69, 9.17) is 5.11 Å². The van der Waals surface area contributed by atoms with Crippen molar-refractivity contribution in [1.82, 2.24) is 5.32 Å². The fraction of sp³-hybridized carbons (Fsp3) is 0.857. The Bertz CT molecular complexity index is 139. The Morgan fingerprint density at radius 3 is 2.18 bits per heavy atom. The standard InChI is InChI=1S/C7H15NO3/c1-7(2,11)4-5(8-3)6(9)10/h5,8,11H,4H2,1-3H3,(H,9,10)/t5-/m0/s1. The molecular formula is C7H15NO3. The summed E-state index contributed by atoms with van der Waals surface area (Å²) in [5.74, 6) is -0.936. The maximum Gasteiger partial charge on any atom is 0.320 e. The molecule has 0 saturated heterocycles. The number of rotatable bonds is 4. The van der Waals surface area contributed by atoms with E-state index in [9.17, 15) is 9.90 Å². The summed E-state index contributed by atoms with van der Waals surface area (Å²) in [6.45, 7) is 3.17. The van der Waals surface area contributed by atoms with Gasteiger partial charge in [0.05, 0.1) is 5.60 Å². The topological polar surface area (TPSA) is 69.6 Å². The molecule has 0 rings (SSSR count). The highest BCUT2D eigenvalue weighted by atomic mass is 16.4. The molecule has 0 radical (unpaired) electrons. The first-order valence-electron chi connectivity index (χ1n) is 3.49. The second kappa shape index (κ2) is 3.69. The summed E-state index contributed by atoms with van der Waals surface area (Å²) in [7, 11) is 1.56. The SMILES string of the molecule is CN[C@@H](CC(C)(C)O)C(=O)O. The maximum absolute atomic E-state index is 10.4. The first kappa shape index (κ1) is 10.4. The number of carboxylic acids is 1. The van der Waals surface area contributed by atoms with Crippen LogP contribution in [0.3, 0.4) is 0 Å². The van der Waals surface area contributed by atoms with Crippen LogP contribution >= 0.6 is 0 Å². The van der Waals surface area contributed by atoms with Crippen molar-refractivity contribution in [3.63, 3.8) is 0 Å². The highest BCUT2D eigenvalue weighted by Crippen LogP contribution is 2.10. The molecule has 0 heterocycles. The van der Waals surface area contributed by atoms with Crippen molar-refractivity contribution in [2.75, 3.05) is 7.05 Å². The molecule has 0 saturated carbocycles. The van der Waals surface area contributed by atoms with Crippen molar-refractivity contribution >= 4 is 5.97 Å². The summed E-state index contributed by atoms with van der Waals surface area (Å²) in [6, 6.07) is -0.671. The van der Waals surface area contributed by atoms with Crippen LogP contribution in [-0.4, -0.2) is 34.9 Å². The van der Waals surface area contributed by atoms with Gasteiger partial charge < -0.3 is 15.5 Å². The number of aliphatic hydroxyl groups is 1. The minimum absolute atomic E-state index is 0.207. The molecule has 0 aliphatic carbocycles. The monoisotopic (exact) mass is 161 g/mol. The van der Waals surface area contributed by atoms with Crippen LogP contribution in [0.4, 0.5) is 0 Å². The van der Waals surface area contributed by atoms with Gasteiger partial charge in [-0.15, -0.1) is 0 Å². The van der Waals surface area contributed by atoms with Crippen molar-refractivity contribution in [2.24, 2.45) is 0 Å². The number of likely N-dealkylation sites (N-methyl/N-ethyl adjacent to an activating group) is 1. The van der Waals surface area contributed by atoms with Crippen LogP contribution in [0, 0.1) is 0 Å². The van der Waals surface area contributed by atoms with Gasteiger partial charge in [0.1, 0.15) is 6.04 Å². The first-order valence-corrected chi connectivity index (χ1v) is 3.49. The highest BCUT2D eigenvalue weighted by Gasteiger charge is 2.23. The third kappa shape index (κ3) is 4.75. The number of carbonyl (C=O) groups is 1. The zero-order chi connectivity index (χ0) is 9.07. The predicted molar refractivity (Wildman–Crippen MR) is 41.4 cm³/mol. The Balaban J connectivity index is 3.99. The molecule has 0 unspecified atom stereocenters. The Kier molecular flexibility index (Phi) is 3.48. The van der Waals surface area contributed by atoms with Gasteiger partial charge in [0.25, 0.3) is 0 Å². The number of hydrogen-bond acceptors (Lipinski definition) is 3. The fourth-order valence-corrected chi connectivity index (χ4v) is 0.812. The molecule has 4 nitrogen and oxygen atoms in total. The van der Waals surface area contributed by atoms with Gasteiger partial charge in [-0.1, -0.05) is 0 Å². The third-order valence-electron chi connectivity index (χ3n) is 1.35. The van der Waals surface area contributed by atoms with Crippen molar-refractivity contribution in [3.05, 3.63) is 0 Å². The lowest BCUT2D eigenvalue weighted by atomic mass is 9.99. The maximum atomic E-state index is 10.4. The van der Waals surface area contributed by atoms with Gasteiger partial charge >= 0.3 is 5.97 Å². The molecule has 1 atom stereocenters. The number of carboxylic acid groups (broad SMARTS) is 1. The Labute approximate surface area is 66.2 Å². The molecular weight excluding hydrogens is 146 g/mol. The second-order valence-corrected chi connectivity index (χ2v) is 3.20. The van der Waals surface area contributed by atoms with Gasteiger partial charge in [0.2, 0.25) is 0 Å². The fourth-order valence-electron chi connectivity index (χ4n) is 0.812. The molecule has 3 N–H and O–H groups in total. The largest absolute Gasteiger partial charge is 0.480 e. The van der Waals surface area contributed by atoms with Gasteiger partial charge in [0.15, 0.2) is 0 Å². The molecule has 11 heavy (non-hydrogen) atoms. The van der Waals surface area contributed by atoms with E-state index in [-0.39, 0.29) is 6.42 Å². The molecule has 66 valence electrons. The first-order chi connectivity index (χ1) is 4.87. The summed E-state index contributed by atoms with van der Waals surface area (Å²) in [6.07, 6.45) is 0.207. The highest BCUT2D eigenvalue weighted by molar-refractivity contribution is 5.73. The summed E-state index contributed by atoms with van der Waals surface area (Å²) in [4.78, 5) is 10.4. The number of hydrogen-bond donors (Lipinski definition) is 3. The predicted octanol–water partition coefficient (Wildman–Crippen LogP) is -0.180. The lowest BCUT2D eigenvalue weighted by molar-refractivity contribution is -0.140. The third-order valence-corrected chi connectivity index (χ3v) is 1.35. The van der Waals surface area contributed by atoms with Crippen molar-refractivity contribution < 1.29 is 15.0 Å². The van der Waals surface area contributed by atoms with E-state index in [1.54, 1.807) is 20.9 Å². The van der Waals surface area contributed by atoms with E-state index in [2.05, 4.69) is 5.32 Å². The van der Waals surface area contributed by atoms with Crippen LogP contribution in [0.25, 0.3) is 0 Å². The van der Waals surface area contributed by atoms with Crippen LogP contribution in [-0.2, 0) is 4.79 Å². The molecule has 0 aliphatic heterocycles. The molecule has 0 bridgehead atoms. The van der Waals surface area contributed by atoms with E-state index in [1.165, 1.54) is 0 Å². The molecule has 0 spiro atoms. The van der Waals surface area contributed by atoms with Gasteiger partial charge in [-0.2, -0.15) is 0 Å². The number of aliphatic carboxylic acids is 1. The van der Waals surface area contributed by atoms with Crippen molar-refractivity contribution in [2.45, 2.75) is 31.9 Å². The van der Waals surface area contributed by atoms with Crippen LogP contribution in [0.1, 0.15) is 20.3 Å². The lowest BCUT2D eigenvalue weighted by Crippen LogP contribution is -2.40. The molecule has 0 aromatic carbocycles. The Morgan fingerprint density at radius 2 is 2.09 bits per heavy atom. The summed E-state index contributed by atoms with van der Waals surface area (Å²) in [5.41, 5.74) is -0.938. The minimum Gasteiger partial charge on any atom is -0.480 e. The van der Waals surface area contributed by atoms with Crippen LogP contribution in [0.5, 0.6) is 0 Å². The Morgan fingerprint density at radius 1 is 1.64 bits per heavy atom. The van der Waals surface area contributed by atoms with Gasteiger partial charge in [-0.05, 0) is 20.9 Å². The quantitative estimate of drug-likeness (QED) is 0.535. The van der Waals surface area contributed by atoms with E-state index in [0.29, 0.717) is 0 Å². The van der Waals surface area contributed by atoms with E-state index < -0.39 is 17.6 Å². The van der Waals surface area contributed by atoms with E-state index in [1.807, 2.05) is 0 Å². The van der Waals surface area contributed by atoms with E-state index >= 15 is 0 Å². The summed E-state index contributed by atoms with van der Waals surface area (Å²) >= 11 is 0. The molecule has 0 aliphatic rings. The number of nitrogens with one attached hydrogen (secondary N) is 1. The minimum atomic E-state index is -0.938. The molecule has 0 aromatic heterocycles.